The number of hydrogen-bond donors (Lipinski definition) is 2. The lowest BCUT2D eigenvalue weighted by atomic mass is 10.3. The first-order valence-corrected chi connectivity index (χ1v) is 7.47. The maximum absolute atomic E-state index is 13.1. The second-order valence-corrected chi connectivity index (χ2v) is 5.50. The van der Waals surface area contributed by atoms with Crippen LogP contribution in [-0.2, 0) is 0 Å². The number of oxazole rings is 1. The van der Waals surface area contributed by atoms with Crippen LogP contribution in [0.2, 0.25) is 0 Å². The number of carbonyl (C=O) groups is 2. The normalized spacial score (nSPS) is 10.4. The van der Waals surface area contributed by atoms with Crippen LogP contribution < -0.4 is 10.6 Å². The van der Waals surface area contributed by atoms with Gasteiger partial charge in [-0.05, 0) is 23.6 Å². The van der Waals surface area contributed by atoms with Crippen molar-refractivity contribution >= 4 is 34.9 Å². The summed E-state index contributed by atoms with van der Waals surface area (Å²) in [5.74, 6) is -3.22. The van der Waals surface area contributed by atoms with Gasteiger partial charge in [0, 0.05) is 11.8 Å². The van der Waals surface area contributed by atoms with Crippen LogP contribution in [0.3, 0.4) is 0 Å². The third-order valence-corrected chi connectivity index (χ3v) is 3.75. The first kappa shape index (κ1) is 15.8. The number of amides is 2. The molecule has 0 aliphatic carbocycles. The van der Waals surface area contributed by atoms with Crippen LogP contribution >= 0.6 is 11.3 Å². The average Bonchev–Trinajstić information content (AvgIpc) is 3.22. The first-order chi connectivity index (χ1) is 11.5. The molecule has 0 radical (unpaired) electrons. The Morgan fingerprint density at radius 3 is 2.62 bits per heavy atom. The molecule has 0 atom stereocenters. The summed E-state index contributed by atoms with van der Waals surface area (Å²) in [6, 6.07) is 6.13. The van der Waals surface area contributed by atoms with Crippen molar-refractivity contribution < 1.29 is 22.8 Å². The van der Waals surface area contributed by atoms with Crippen molar-refractivity contribution in [2.75, 3.05) is 10.6 Å². The number of carbonyl (C=O) groups excluding carboxylic acids is 2. The maximum Gasteiger partial charge on any atom is 0.302 e. The van der Waals surface area contributed by atoms with E-state index < -0.39 is 23.4 Å². The predicted molar refractivity (Wildman–Crippen MR) is 83.1 cm³/mol. The van der Waals surface area contributed by atoms with Crippen molar-refractivity contribution in [3.63, 3.8) is 0 Å². The maximum atomic E-state index is 13.1. The fourth-order valence-electron chi connectivity index (χ4n) is 1.77. The van der Waals surface area contributed by atoms with Crippen LogP contribution in [0.15, 0.2) is 46.4 Å². The van der Waals surface area contributed by atoms with E-state index in [4.69, 9.17) is 4.42 Å². The Balaban J connectivity index is 1.67. The molecule has 6 nitrogen and oxygen atoms in total. The van der Waals surface area contributed by atoms with Gasteiger partial charge in [0.25, 0.3) is 11.8 Å². The van der Waals surface area contributed by atoms with Crippen molar-refractivity contribution in [2.24, 2.45) is 0 Å². The molecule has 0 spiro atoms. The fraction of sp³-hybridized carbons (Fsp3) is 0. The minimum Gasteiger partial charge on any atom is -0.431 e. The minimum absolute atomic E-state index is 0.0612. The standard InChI is InChI=1S/C15H9F2N3O3S/c16-9-4-3-8(6-10(9)17)18-13(21)11-7-23-15(19-11)20-14(22)12-2-1-5-24-12/h1-7H,(H,18,21)(H,19,20,22). The largest absolute Gasteiger partial charge is 0.431 e. The molecule has 3 rings (SSSR count). The lowest BCUT2D eigenvalue weighted by Crippen LogP contribution is -2.14. The van der Waals surface area contributed by atoms with E-state index in [0.29, 0.717) is 4.88 Å². The van der Waals surface area contributed by atoms with E-state index in [0.717, 1.165) is 18.4 Å². The van der Waals surface area contributed by atoms with Gasteiger partial charge < -0.3 is 9.73 Å². The van der Waals surface area contributed by atoms with Gasteiger partial charge in [-0.25, -0.2) is 8.78 Å². The number of halogens is 2. The molecule has 0 bridgehead atoms. The van der Waals surface area contributed by atoms with Gasteiger partial charge in [0.1, 0.15) is 6.26 Å². The highest BCUT2D eigenvalue weighted by Gasteiger charge is 2.16. The highest BCUT2D eigenvalue weighted by Crippen LogP contribution is 2.16. The Kier molecular flexibility index (Phi) is 4.34. The molecule has 2 aromatic heterocycles. The fourth-order valence-corrected chi connectivity index (χ4v) is 2.39. The summed E-state index contributed by atoms with van der Waals surface area (Å²) in [5.41, 5.74) is -0.0627. The van der Waals surface area contributed by atoms with E-state index in [9.17, 15) is 18.4 Å². The smallest absolute Gasteiger partial charge is 0.302 e. The highest BCUT2D eigenvalue weighted by atomic mass is 32.1. The van der Waals surface area contributed by atoms with E-state index in [1.54, 1.807) is 17.5 Å². The second-order valence-electron chi connectivity index (χ2n) is 4.55. The highest BCUT2D eigenvalue weighted by molar-refractivity contribution is 7.12. The molecule has 0 saturated heterocycles. The molecular weight excluding hydrogens is 340 g/mol. The summed E-state index contributed by atoms with van der Waals surface area (Å²) in [5, 5.41) is 6.49. The Bertz CT molecular complexity index is 893. The summed E-state index contributed by atoms with van der Waals surface area (Å²) in [4.78, 5) is 28.1. The zero-order valence-electron chi connectivity index (χ0n) is 11.9. The molecule has 122 valence electrons. The molecule has 2 heterocycles. The predicted octanol–water partition coefficient (Wildman–Crippen LogP) is 3.52. The van der Waals surface area contributed by atoms with E-state index in [1.165, 1.54) is 17.4 Å². The molecule has 0 aliphatic rings. The Hall–Kier alpha value is -3.07. The summed E-state index contributed by atoms with van der Waals surface area (Å²) in [6.07, 6.45) is 1.04. The van der Waals surface area contributed by atoms with Crippen molar-refractivity contribution in [2.45, 2.75) is 0 Å². The zero-order valence-corrected chi connectivity index (χ0v) is 12.7. The average molecular weight is 349 g/mol. The molecule has 0 aliphatic heterocycles. The number of aromatic nitrogens is 1. The van der Waals surface area contributed by atoms with Crippen molar-refractivity contribution in [1.82, 2.24) is 4.98 Å². The molecule has 2 amide bonds. The molecule has 0 saturated carbocycles. The number of hydrogen-bond acceptors (Lipinski definition) is 5. The van der Waals surface area contributed by atoms with Crippen LogP contribution in [-0.4, -0.2) is 16.8 Å². The molecule has 0 unspecified atom stereocenters. The molecule has 3 aromatic rings. The summed E-state index contributed by atoms with van der Waals surface area (Å²) in [6.45, 7) is 0. The SMILES string of the molecule is O=C(Nc1ccc(F)c(F)c1)c1coc(NC(=O)c2cccs2)n1. The van der Waals surface area contributed by atoms with Gasteiger partial charge in [0.15, 0.2) is 17.3 Å². The van der Waals surface area contributed by atoms with Gasteiger partial charge in [-0.3, -0.25) is 14.9 Å². The minimum atomic E-state index is -1.09. The van der Waals surface area contributed by atoms with Crippen LogP contribution in [0.4, 0.5) is 20.5 Å². The lowest BCUT2D eigenvalue weighted by molar-refractivity contribution is 0.101. The monoisotopic (exact) mass is 349 g/mol. The topological polar surface area (TPSA) is 84.2 Å². The molecule has 2 N–H and O–H groups in total. The summed E-state index contributed by atoms with van der Waals surface area (Å²) in [7, 11) is 0. The summed E-state index contributed by atoms with van der Waals surface area (Å²) >= 11 is 1.24. The molecule has 0 fully saturated rings. The number of benzene rings is 1. The molecular formula is C15H9F2N3O3S. The third kappa shape index (κ3) is 3.46. The van der Waals surface area contributed by atoms with E-state index in [2.05, 4.69) is 15.6 Å². The van der Waals surface area contributed by atoms with Gasteiger partial charge in [0.05, 0.1) is 4.88 Å². The van der Waals surface area contributed by atoms with Gasteiger partial charge in [-0.15, -0.1) is 11.3 Å². The number of rotatable bonds is 4. The number of thiophene rings is 1. The van der Waals surface area contributed by atoms with Crippen molar-refractivity contribution in [1.29, 1.82) is 0 Å². The van der Waals surface area contributed by atoms with Crippen molar-refractivity contribution in [3.8, 4) is 0 Å². The van der Waals surface area contributed by atoms with E-state index >= 15 is 0 Å². The molecule has 24 heavy (non-hydrogen) atoms. The number of nitrogens with one attached hydrogen (secondary N) is 2. The Labute approximate surface area is 138 Å². The van der Waals surface area contributed by atoms with Gasteiger partial charge >= 0.3 is 6.01 Å². The van der Waals surface area contributed by atoms with E-state index in [-0.39, 0.29) is 17.4 Å². The van der Waals surface area contributed by atoms with Crippen LogP contribution in [0, 0.1) is 11.6 Å². The van der Waals surface area contributed by atoms with Gasteiger partial charge in [-0.2, -0.15) is 4.98 Å². The number of nitrogens with zero attached hydrogens (tertiary/aromatic N) is 1. The third-order valence-electron chi connectivity index (χ3n) is 2.88. The lowest BCUT2D eigenvalue weighted by Gasteiger charge is -2.03. The molecule has 9 heteroatoms. The number of anilines is 2. The van der Waals surface area contributed by atoms with Gasteiger partial charge in [-0.1, -0.05) is 6.07 Å². The first-order valence-electron chi connectivity index (χ1n) is 6.60. The van der Waals surface area contributed by atoms with Crippen LogP contribution in [0.1, 0.15) is 20.2 Å². The van der Waals surface area contributed by atoms with E-state index in [1.807, 2.05) is 0 Å². The Morgan fingerprint density at radius 2 is 1.92 bits per heavy atom. The molecule has 1 aromatic carbocycles. The van der Waals surface area contributed by atoms with Crippen LogP contribution in [0.25, 0.3) is 0 Å². The quantitative estimate of drug-likeness (QED) is 0.755. The van der Waals surface area contributed by atoms with Gasteiger partial charge in [0.2, 0.25) is 0 Å². The van der Waals surface area contributed by atoms with Crippen molar-refractivity contribution in [3.05, 3.63) is 64.2 Å². The second kappa shape index (κ2) is 6.59. The zero-order chi connectivity index (χ0) is 17.1. The summed E-state index contributed by atoms with van der Waals surface area (Å²) < 4.78 is 31.0. The van der Waals surface area contributed by atoms with Crippen LogP contribution in [0.5, 0.6) is 0 Å². The Morgan fingerprint density at radius 1 is 1.08 bits per heavy atom.